The molecule has 16 heavy (non-hydrogen) atoms. The van der Waals surface area contributed by atoms with E-state index in [1.54, 1.807) is 0 Å². The lowest BCUT2D eigenvalue weighted by atomic mass is 10.1. The lowest BCUT2D eigenvalue weighted by molar-refractivity contribution is -0.149. The fourth-order valence-corrected chi connectivity index (χ4v) is 1.76. The Morgan fingerprint density at radius 1 is 1.12 bits per heavy atom. The highest BCUT2D eigenvalue weighted by atomic mass is 16.5. The lowest BCUT2D eigenvalue weighted by Crippen LogP contribution is -2.16. The molecule has 0 amide bonds. The van der Waals surface area contributed by atoms with Gasteiger partial charge < -0.3 is 10.5 Å². The van der Waals surface area contributed by atoms with Crippen LogP contribution < -0.4 is 5.73 Å². The van der Waals surface area contributed by atoms with Crippen molar-refractivity contribution < 1.29 is 9.53 Å². The first-order valence-electron chi connectivity index (χ1n) is 6.45. The van der Waals surface area contributed by atoms with E-state index >= 15 is 0 Å². The van der Waals surface area contributed by atoms with Crippen LogP contribution in [0.2, 0.25) is 0 Å². The summed E-state index contributed by atoms with van der Waals surface area (Å²) >= 11 is 0. The monoisotopic (exact) mass is 229 g/mol. The zero-order valence-corrected chi connectivity index (χ0v) is 11.0. The Bertz CT molecular complexity index is 181. The maximum absolute atomic E-state index is 11.4. The molecule has 0 aromatic carbocycles. The minimum atomic E-state index is -0.0547. The Morgan fingerprint density at radius 3 is 2.31 bits per heavy atom. The summed E-state index contributed by atoms with van der Waals surface area (Å²) in [7, 11) is 0. The SMILES string of the molecule is CC(C)CC(C)OC(=O)CCCCCCN. The van der Waals surface area contributed by atoms with Gasteiger partial charge in [0.15, 0.2) is 0 Å². The minimum Gasteiger partial charge on any atom is -0.463 e. The van der Waals surface area contributed by atoms with Gasteiger partial charge in [0.1, 0.15) is 0 Å². The van der Waals surface area contributed by atoms with Gasteiger partial charge in [-0.25, -0.2) is 0 Å². The van der Waals surface area contributed by atoms with Gasteiger partial charge >= 0.3 is 5.97 Å². The van der Waals surface area contributed by atoms with Gasteiger partial charge in [-0.1, -0.05) is 26.7 Å². The van der Waals surface area contributed by atoms with Gasteiger partial charge in [0.25, 0.3) is 0 Å². The Morgan fingerprint density at radius 2 is 1.75 bits per heavy atom. The van der Waals surface area contributed by atoms with Gasteiger partial charge in [0, 0.05) is 6.42 Å². The van der Waals surface area contributed by atoms with E-state index in [9.17, 15) is 4.79 Å². The molecular formula is C13H27NO2. The third-order valence-electron chi connectivity index (χ3n) is 2.47. The highest BCUT2D eigenvalue weighted by Gasteiger charge is 2.10. The molecule has 1 atom stereocenters. The van der Waals surface area contributed by atoms with Crippen LogP contribution in [-0.2, 0) is 9.53 Å². The van der Waals surface area contributed by atoms with Crippen molar-refractivity contribution in [3.05, 3.63) is 0 Å². The second-order valence-corrected chi connectivity index (χ2v) is 4.88. The van der Waals surface area contributed by atoms with Gasteiger partial charge in [0.2, 0.25) is 0 Å². The molecule has 0 saturated carbocycles. The lowest BCUT2D eigenvalue weighted by Gasteiger charge is -2.15. The van der Waals surface area contributed by atoms with Crippen molar-refractivity contribution in [1.29, 1.82) is 0 Å². The summed E-state index contributed by atoms with van der Waals surface area (Å²) in [6, 6.07) is 0. The van der Waals surface area contributed by atoms with E-state index in [2.05, 4.69) is 13.8 Å². The Balaban J connectivity index is 3.43. The highest BCUT2D eigenvalue weighted by Crippen LogP contribution is 2.10. The molecule has 0 aliphatic rings. The number of rotatable bonds is 9. The van der Waals surface area contributed by atoms with Crippen molar-refractivity contribution in [3.8, 4) is 0 Å². The summed E-state index contributed by atoms with van der Waals surface area (Å²) in [6.07, 6.45) is 5.71. The Kier molecular flexibility index (Phi) is 9.30. The van der Waals surface area contributed by atoms with Crippen LogP contribution in [0.1, 0.15) is 59.3 Å². The molecule has 0 heterocycles. The first kappa shape index (κ1) is 15.4. The van der Waals surface area contributed by atoms with Crippen molar-refractivity contribution in [1.82, 2.24) is 0 Å². The summed E-state index contributed by atoms with van der Waals surface area (Å²) < 4.78 is 5.30. The molecule has 3 heteroatoms. The van der Waals surface area contributed by atoms with Crippen LogP contribution in [0, 0.1) is 5.92 Å². The van der Waals surface area contributed by atoms with Crippen LogP contribution in [0.4, 0.5) is 0 Å². The van der Waals surface area contributed by atoms with E-state index in [1.165, 1.54) is 0 Å². The third kappa shape index (κ3) is 9.97. The van der Waals surface area contributed by atoms with Crippen molar-refractivity contribution in [3.63, 3.8) is 0 Å². The largest absolute Gasteiger partial charge is 0.463 e. The number of nitrogens with two attached hydrogens (primary N) is 1. The predicted octanol–water partition coefficient (Wildman–Crippen LogP) is 2.87. The molecule has 0 bridgehead atoms. The smallest absolute Gasteiger partial charge is 0.306 e. The molecule has 0 radical (unpaired) electrons. The summed E-state index contributed by atoms with van der Waals surface area (Å²) in [4.78, 5) is 11.4. The van der Waals surface area contributed by atoms with Crippen molar-refractivity contribution in [2.75, 3.05) is 6.54 Å². The number of esters is 1. The van der Waals surface area contributed by atoms with Gasteiger partial charge in [-0.05, 0) is 38.6 Å². The van der Waals surface area contributed by atoms with E-state index in [-0.39, 0.29) is 12.1 Å². The number of hydrogen-bond acceptors (Lipinski definition) is 3. The predicted molar refractivity (Wildman–Crippen MR) is 67.1 cm³/mol. The number of hydrogen-bond donors (Lipinski definition) is 1. The van der Waals surface area contributed by atoms with E-state index in [4.69, 9.17) is 10.5 Å². The van der Waals surface area contributed by atoms with E-state index in [0.717, 1.165) is 38.6 Å². The van der Waals surface area contributed by atoms with E-state index in [0.29, 0.717) is 12.3 Å². The van der Waals surface area contributed by atoms with Crippen molar-refractivity contribution >= 4 is 5.97 Å². The first-order chi connectivity index (χ1) is 7.56. The average Bonchev–Trinajstić information content (AvgIpc) is 2.15. The molecule has 2 N–H and O–H groups in total. The number of carbonyl (C=O) groups is 1. The number of ether oxygens (including phenoxy) is 1. The standard InChI is InChI=1S/C13H27NO2/c1-11(2)10-12(3)16-13(15)8-6-4-5-7-9-14/h11-12H,4-10,14H2,1-3H3. The molecule has 3 nitrogen and oxygen atoms in total. The van der Waals surface area contributed by atoms with Crippen LogP contribution in [-0.4, -0.2) is 18.6 Å². The molecule has 0 aromatic rings. The van der Waals surface area contributed by atoms with Gasteiger partial charge in [-0.2, -0.15) is 0 Å². The Hall–Kier alpha value is -0.570. The van der Waals surface area contributed by atoms with Crippen molar-refractivity contribution in [2.24, 2.45) is 11.7 Å². The molecule has 0 aliphatic carbocycles. The van der Waals surface area contributed by atoms with Crippen molar-refractivity contribution in [2.45, 2.75) is 65.4 Å². The average molecular weight is 229 g/mol. The second kappa shape index (κ2) is 9.64. The fraction of sp³-hybridized carbons (Fsp3) is 0.923. The summed E-state index contributed by atoms with van der Waals surface area (Å²) in [5.41, 5.74) is 5.39. The van der Waals surface area contributed by atoms with E-state index < -0.39 is 0 Å². The summed E-state index contributed by atoms with van der Waals surface area (Å²) in [5.74, 6) is 0.522. The molecule has 1 unspecified atom stereocenters. The molecule has 0 saturated heterocycles. The van der Waals surface area contributed by atoms with Gasteiger partial charge in [-0.3, -0.25) is 4.79 Å². The van der Waals surface area contributed by atoms with Crippen LogP contribution >= 0.6 is 0 Å². The normalized spacial score (nSPS) is 12.8. The fourth-order valence-electron chi connectivity index (χ4n) is 1.76. The molecule has 96 valence electrons. The quantitative estimate of drug-likeness (QED) is 0.488. The Labute approximate surface area is 99.7 Å². The van der Waals surface area contributed by atoms with Crippen LogP contribution in [0.5, 0.6) is 0 Å². The molecule has 0 rings (SSSR count). The zero-order valence-electron chi connectivity index (χ0n) is 11.0. The maximum atomic E-state index is 11.4. The van der Waals surface area contributed by atoms with Crippen LogP contribution in [0.15, 0.2) is 0 Å². The molecule has 0 aromatic heterocycles. The first-order valence-corrected chi connectivity index (χ1v) is 6.45. The van der Waals surface area contributed by atoms with Crippen LogP contribution in [0.3, 0.4) is 0 Å². The molecular weight excluding hydrogens is 202 g/mol. The van der Waals surface area contributed by atoms with E-state index in [1.807, 2.05) is 6.92 Å². The maximum Gasteiger partial charge on any atom is 0.306 e. The molecule has 0 aliphatic heterocycles. The second-order valence-electron chi connectivity index (χ2n) is 4.88. The van der Waals surface area contributed by atoms with Gasteiger partial charge in [-0.15, -0.1) is 0 Å². The third-order valence-corrected chi connectivity index (χ3v) is 2.47. The van der Waals surface area contributed by atoms with Gasteiger partial charge in [0.05, 0.1) is 6.10 Å². The zero-order chi connectivity index (χ0) is 12.4. The minimum absolute atomic E-state index is 0.0524. The van der Waals surface area contributed by atoms with Crippen LogP contribution in [0.25, 0.3) is 0 Å². The topological polar surface area (TPSA) is 52.3 Å². The highest BCUT2D eigenvalue weighted by molar-refractivity contribution is 5.69. The summed E-state index contributed by atoms with van der Waals surface area (Å²) in [5, 5.41) is 0. The summed E-state index contributed by atoms with van der Waals surface area (Å²) in [6.45, 7) is 6.98. The molecule has 0 fully saturated rings. The number of unbranched alkanes of at least 4 members (excludes halogenated alkanes) is 3. The number of carbonyl (C=O) groups excluding carboxylic acids is 1. The molecule has 0 spiro atoms.